The quantitative estimate of drug-likeness (QED) is 0.225. The van der Waals surface area contributed by atoms with Crippen LogP contribution in [0.2, 0.25) is 0 Å². The maximum atomic E-state index is 10.9. The Morgan fingerprint density at radius 1 is 1.16 bits per heavy atom. The minimum absolute atomic E-state index is 0. The van der Waals surface area contributed by atoms with Gasteiger partial charge in [0.05, 0.1) is 31.4 Å². The summed E-state index contributed by atoms with van der Waals surface area (Å²) in [6.07, 6.45) is 0. The van der Waals surface area contributed by atoms with E-state index in [1.807, 2.05) is 6.92 Å². The van der Waals surface area contributed by atoms with Crippen molar-refractivity contribution in [2.75, 3.05) is 65.6 Å². The standard InChI is InChI=1S/C23H41N5O2.HI/c1-5-24-22(26-18-23(4,29)19-27-13-15-30-16-14-27)25-17-21(28(6-2)7-3)20-11-9-8-10-12-20;/h8-12,21,29H,5-7,13-19H2,1-4H3,(H2,24,25,26);1H. The molecule has 1 aromatic rings. The van der Waals surface area contributed by atoms with Crippen molar-refractivity contribution in [2.45, 2.75) is 39.3 Å². The molecule has 0 spiro atoms. The van der Waals surface area contributed by atoms with Gasteiger partial charge in [0.15, 0.2) is 5.96 Å². The van der Waals surface area contributed by atoms with Gasteiger partial charge in [0.25, 0.3) is 0 Å². The van der Waals surface area contributed by atoms with Gasteiger partial charge in [0.2, 0.25) is 0 Å². The van der Waals surface area contributed by atoms with Crippen molar-refractivity contribution in [1.82, 2.24) is 20.4 Å². The van der Waals surface area contributed by atoms with Crippen LogP contribution >= 0.6 is 24.0 Å². The molecule has 0 amide bonds. The maximum absolute atomic E-state index is 10.9. The van der Waals surface area contributed by atoms with Crippen LogP contribution in [0.4, 0.5) is 0 Å². The molecule has 1 fully saturated rings. The molecule has 1 heterocycles. The second-order valence-electron chi connectivity index (χ2n) is 8.11. The summed E-state index contributed by atoms with van der Waals surface area (Å²) in [4.78, 5) is 9.38. The summed E-state index contributed by atoms with van der Waals surface area (Å²) in [5, 5.41) is 17.7. The van der Waals surface area contributed by atoms with E-state index in [9.17, 15) is 5.11 Å². The lowest BCUT2D eigenvalue weighted by molar-refractivity contribution is -0.0180. The smallest absolute Gasteiger partial charge is 0.191 e. The van der Waals surface area contributed by atoms with Crippen LogP contribution < -0.4 is 10.6 Å². The number of rotatable bonds is 11. The molecular weight excluding hydrogens is 505 g/mol. The monoisotopic (exact) mass is 547 g/mol. The first-order valence-corrected chi connectivity index (χ1v) is 11.3. The van der Waals surface area contributed by atoms with Gasteiger partial charge in [-0.1, -0.05) is 44.2 Å². The Balaban J connectivity index is 0.00000480. The van der Waals surface area contributed by atoms with E-state index in [2.05, 4.69) is 71.5 Å². The summed E-state index contributed by atoms with van der Waals surface area (Å²) >= 11 is 0. The zero-order valence-electron chi connectivity index (χ0n) is 19.6. The SMILES string of the molecule is CCNC(=NCC(C)(O)CN1CCOCC1)NCC(c1ccccc1)N(CC)CC.I. The van der Waals surface area contributed by atoms with Crippen molar-refractivity contribution in [2.24, 2.45) is 4.99 Å². The summed E-state index contributed by atoms with van der Waals surface area (Å²) in [5.41, 5.74) is 0.418. The Bertz CT molecular complexity index is 620. The number of guanidine groups is 1. The molecule has 2 atom stereocenters. The number of nitrogens with one attached hydrogen (secondary N) is 2. The lowest BCUT2D eigenvalue weighted by atomic mass is 10.1. The van der Waals surface area contributed by atoms with E-state index in [0.29, 0.717) is 13.1 Å². The van der Waals surface area contributed by atoms with Crippen LogP contribution in [-0.2, 0) is 4.74 Å². The molecule has 1 saturated heterocycles. The number of hydrogen-bond donors (Lipinski definition) is 3. The van der Waals surface area contributed by atoms with Crippen LogP contribution in [0.1, 0.15) is 39.3 Å². The van der Waals surface area contributed by atoms with Crippen LogP contribution in [0.3, 0.4) is 0 Å². The number of hydrogen-bond acceptors (Lipinski definition) is 5. The first kappa shape index (κ1) is 28.1. The third-order valence-electron chi connectivity index (χ3n) is 5.49. The number of aliphatic hydroxyl groups is 1. The Morgan fingerprint density at radius 3 is 2.39 bits per heavy atom. The van der Waals surface area contributed by atoms with Crippen LogP contribution in [-0.4, -0.2) is 92.0 Å². The number of nitrogens with zero attached hydrogens (tertiary/aromatic N) is 3. The summed E-state index contributed by atoms with van der Waals surface area (Å²) < 4.78 is 5.40. The largest absolute Gasteiger partial charge is 0.387 e. The highest BCUT2D eigenvalue weighted by Crippen LogP contribution is 2.19. The first-order valence-electron chi connectivity index (χ1n) is 11.3. The lowest BCUT2D eigenvalue weighted by Gasteiger charge is -2.33. The fourth-order valence-electron chi connectivity index (χ4n) is 3.87. The number of benzene rings is 1. The fourth-order valence-corrected chi connectivity index (χ4v) is 3.87. The molecule has 2 unspecified atom stereocenters. The van der Waals surface area contributed by atoms with E-state index >= 15 is 0 Å². The highest BCUT2D eigenvalue weighted by molar-refractivity contribution is 14.0. The van der Waals surface area contributed by atoms with E-state index in [0.717, 1.165) is 58.4 Å². The summed E-state index contributed by atoms with van der Waals surface area (Å²) in [5.74, 6) is 0.743. The fraction of sp³-hybridized carbons (Fsp3) is 0.696. The minimum Gasteiger partial charge on any atom is -0.387 e. The van der Waals surface area contributed by atoms with Gasteiger partial charge in [0.1, 0.15) is 0 Å². The third kappa shape index (κ3) is 10.0. The molecule has 3 N–H and O–H groups in total. The molecule has 1 aliphatic rings. The van der Waals surface area contributed by atoms with E-state index in [-0.39, 0.29) is 30.0 Å². The Hall–Kier alpha value is -0.940. The van der Waals surface area contributed by atoms with Crippen molar-refractivity contribution >= 4 is 29.9 Å². The van der Waals surface area contributed by atoms with Crippen molar-refractivity contribution in [3.05, 3.63) is 35.9 Å². The Kier molecular flexibility index (Phi) is 13.6. The predicted molar refractivity (Wildman–Crippen MR) is 139 cm³/mol. The minimum atomic E-state index is -0.878. The average Bonchev–Trinajstić information content (AvgIpc) is 2.76. The maximum Gasteiger partial charge on any atom is 0.191 e. The van der Waals surface area contributed by atoms with E-state index in [1.165, 1.54) is 5.56 Å². The summed E-state index contributed by atoms with van der Waals surface area (Å²) in [6, 6.07) is 10.9. The second kappa shape index (κ2) is 15.0. The number of β-amino-alcohol motifs (C(OH)–C–C–N with tert-alkyl or cyclic N) is 1. The van der Waals surface area contributed by atoms with Crippen molar-refractivity contribution < 1.29 is 9.84 Å². The van der Waals surface area contributed by atoms with E-state index in [4.69, 9.17) is 9.73 Å². The zero-order valence-corrected chi connectivity index (χ0v) is 22.0. The molecule has 0 radical (unpaired) electrons. The van der Waals surface area contributed by atoms with Crippen LogP contribution in [0, 0.1) is 0 Å². The van der Waals surface area contributed by atoms with Crippen molar-refractivity contribution in [3.63, 3.8) is 0 Å². The van der Waals surface area contributed by atoms with E-state index < -0.39 is 5.60 Å². The molecule has 0 aromatic heterocycles. The molecule has 178 valence electrons. The van der Waals surface area contributed by atoms with Crippen LogP contribution in [0.25, 0.3) is 0 Å². The topological polar surface area (TPSA) is 72.4 Å². The molecule has 8 heteroatoms. The number of halogens is 1. The highest BCUT2D eigenvalue weighted by Gasteiger charge is 2.25. The van der Waals surface area contributed by atoms with Gasteiger partial charge in [-0.3, -0.25) is 14.8 Å². The lowest BCUT2D eigenvalue weighted by Crippen LogP contribution is -2.48. The molecule has 0 aliphatic carbocycles. The third-order valence-corrected chi connectivity index (χ3v) is 5.49. The number of ether oxygens (including phenoxy) is 1. The Morgan fingerprint density at radius 2 is 1.81 bits per heavy atom. The molecule has 0 bridgehead atoms. The normalized spacial score (nSPS) is 18.2. The molecule has 7 nitrogen and oxygen atoms in total. The van der Waals surface area contributed by atoms with Gasteiger partial charge in [-0.15, -0.1) is 24.0 Å². The molecule has 1 aromatic carbocycles. The van der Waals surface area contributed by atoms with Gasteiger partial charge in [-0.05, 0) is 32.5 Å². The summed E-state index contributed by atoms with van der Waals surface area (Å²) in [6.45, 7) is 15.9. The number of aliphatic imine (C=N–C) groups is 1. The van der Waals surface area contributed by atoms with Gasteiger partial charge in [-0.2, -0.15) is 0 Å². The second-order valence-corrected chi connectivity index (χ2v) is 8.11. The van der Waals surface area contributed by atoms with Crippen LogP contribution in [0.15, 0.2) is 35.3 Å². The number of morpholine rings is 1. The van der Waals surface area contributed by atoms with E-state index in [1.54, 1.807) is 0 Å². The molecule has 31 heavy (non-hydrogen) atoms. The molecule has 0 saturated carbocycles. The summed E-state index contributed by atoms with van der Waals surface area (Å²) in [7, 11) is 0. The van der Waals surface area contributed by atoms with Crippen LogP contribution in [0.5, 0.6) is 0 Å². The average molecular weight is 548 g/mol. The van der Waals surface area contributed by atoms with Crippen molar-refractivity contribution in [1.29, 1.82) is 0 Å². The number of likely N-dealkylation sites (N-methyl/N-ethyl adjacent to an activating group) is 1. The van der Waals surface area contributed by atoms with Crippen molar-refractivity contribution in [3.8, 4) is 0 Å². The Labute approximate surface area is 205 Å². The molecule has 1 aliphatic heterocycles. The highest BCUT2D eigenvalue weighted by atomic mass is 127. The van der Waals surface area contributed by atoms with Gasteiger partial charge < -0.3 is 20.5 Å². The first-order chi connectivity index (χ1) is 14.5. The molecular formula is C23H42IN5O2. The van der Waals surface area contributed by atoms with Gasteiger partial charge in [0, 0.05) is 32.7 Å². The predicted octanol–water partition coefficient (Wildman–Crippen LogP) is 2.33. The van der Waals surface area contributed by atoms with Gasteiger partial charge in [-0.25, -0.2) is 0 Å². The molecule has 2 rings (SSSR count). The zero-order chi connectivity index (χ0) is 21.8. The van der Waals surface area contributed by atoms with Gasteiger partial charge >= 0.3 is 0 Å².